The molecule has 0 aliphatic carbocycles. The maximum absolute atomic E-state index is 4.75. The molecule has 2 aliphatic rings. The zero-order valence-corrected chi connectivity index (χ0v) is 11.2. The van der Waals surface area contributed by atoms with Crippen molar-refractivity contribution < 1.29 is 0 Å². The van der Waals surface area contributed by atoms with Gasteiger partial charge in [-0.2, -0.15) is 4.98 Å². The summed E-state index contributed by atoms with van der Waals surface area (Å²) in [5.74, 6) is 2.79. The zero-order chi connectivity index (χ0) is 12.4. The molecule has 3 rings (SSSR count). The molecule has 4 nitrogen and oxygen atoms in total. The SMILES string of the molecule is CC1CCCN(c2nccc(N3CCCC3)n2)C1. The van der Waals surface area contributed by atoms with Crippen molar-refractivity contribution in [3.05, 3.63) is 12.3 Å². The van der Waals surface area contributed by atoms with Crippen LogP contribution in [0.25, 0.3) is 0 Å². The van der Waals surface area contributed by atoms with Crippen LogP contribution in [0.5, 0.6) is 0 Å². The van der Waals surface area contributed by atoms with E-state index in [1.807, 2.05) is 12.3 Å². The number of anilines is 2. The Morgan fingerprint density at radius 3 is 2.67 bits per heavy atom. The number of nitrogens with zero attached hydrogens (tertiary/aromatic N) is 4. The zero-order valence-electron chi connectivity index (χ0n) is 11.2. The lowest BCUT2D eigenvalue weighted by atomic mass is 10.0. The van der Waals surface area contributed by atoms with E-state index in [9.17, 15) is 0 Å². The molecule has 2 fully saturated rings. The number of rotatable bonds is 2. The Hall–Kier alpha value is -1.32. The molecule has 4 heteroatoms. The molecule has 0 spiro atoms. The summed E-state index contributed by atoms with van der Waals surface area (Å²) in [4.78, 5) is 13.9. The van der Waals surface area contributed by atoms with E-state index in [1.165, 1.54) is 25.7 Å². The van der Waals surface area contributed by atoms with Crippen molar-refractivity contribution in [3.8, 4) is 0 Å². The first-order valence-electron chi connectivity index (χ1n) is 7.16. The van der Waals surface area contributed by atoms with Gasteiger partial charge in [-0.25, -0.2) is 4.98 Å². The van der Waals surface area contributed by atoms with Gasteiger partial charge in [0.25, 0.3) is 0 Å². The molecule has 1 aromatic heterocycles. The highest BCUT2D eigenvalue weighted by molar-refractivity contribution is 5.44. The molecule has 0 amide bonds. The average molecular weight is 246 g/mol. The summed E-state index contributed by atoms with van der Waals surface area (Å²) in [5.41, 5.74) is 0. The van der Waals surface area contributed by atoms with Crippen LogP contribution in [-0.4, -0.2) is 36.1 Å². The van der Waals surface area contributed by atoms with Crippen molar-refractivity contribution in [3.63, 3.8) is 0 Å². The molecule has 18 heavy (non-hydrogen) atoms. The fraction of sp³-hybridized carbons (Fsp3) is 0.714. The lowest BCUT2D eigenvalue weighted by Crippen LogP contribution is -2.35. The predicted molar refractivity (Wildman–Crippen MR) is 74.1 cm³/mol. The van der Waals surface area contributed by atoms with Gasteiger partial charge in [0.15, 0.2) is 0 Å². The smallest absolute Gasteiger partial charge is 0.227 e. The van der Waals surface area contributed by atoms with Gasteiger partial charge in [0.1, 0.15) is 5.82 Å². The Bertz CT molecular complexity index is 401. The summed E-state index contributed by atoms with van der Waals surface area (Å²) in [6.45, 7) is 6.81. The Labute approximate surface area is 109 Å². The second-order valence-corrected chi connectivity index (χ2v) is 5.60. The Balaban J connectivity index is 1.77. The Morgan fingerprint density at radius 2 is 1.89 bits per heavy atom. The molecule has 0 N–H and O–H groups in total. The van der Waals surface area contributed by atoms with Crippen molar-refractivity contribution in [2.45, 2.75) is 32.6 Å². The van der Waals surface area contributed by atoms with E-state index < -0.39 is 0 Å². The van der Waals surface area contributed by atoms with Crippen LogP contribution >= 0.6 is 0 Å². The molecule has 2 aliphatic heterocycles. The quantitative estimate of drug-likeness (QED) is 0.801. The van der Waals surface area contributed by atoms with Gasteiger partial charge in [-0.3, -0.25) is 0 Å². The first-order valence-corrected chi connectivity index (χ1v) is 7.16. The van der Waals surface area contributed by atoms with E-state index in [2.05, 4.69) is 21.7 Å². The molecule has 1 unspecified atom stereocenters. The van der Waals surface area contributed by atoms with Crippen LogP contribution in [0, 0.1) is 5.92 Å². The number of aromatic nitrogens is 2. The normalized spacial score (nSPS) is 24.6. The summed E-state index contributed by atoms with van der Waals surface area (Å²) in [6, 6.07) is 2.04. The fourth-order valence-corrected chi connectivity index (χ4v) is 2.98. The van der Waals surface area contributed by atoms with Gasteiger partial charge in [0.05, 0.1) is 0 Å². The molecule has 0 radical (unpaired) electrons. The highest BCUT2D eigenvalue weighted by atomic mass is 15.3. The maximum Gasteiger partial charge on any atom is 0.227 e. The lowest BCUT2D eigenvalue weighted by Gasteiger charge is -2.31. The molecular weight excluding hydrogens is 224 g/mol. The van der Waals surface area contributed by atoms with Crippen LogP contribution < -0.4 is 9.80 Å². The molecule has 3 heterocycles. The highest BCUT2D eigenvalue weighted by Gasteiger charge is 2.20. The van der Waals surface area contributed by atoms with Gasteiger partial charge >= 0.3 is 0 Å². The fourth-order valence-electron chi connectivity index (χ4n) is 2.98. The Kier molecular flexibility index (Phi) is 3.35. The van der Waals surface area contributed by atoms with Crippen molar-refractivity contribution in [2.24, 2.45) is 5.92 Å². The topological polar surface area (TPSA) is 32.3 Å². The van der Waals surface area contributed by atoms with E-state index in [0.717, 1.165) is 43.9 Å². The molecule has 0 bridgehead atoms. The van der Waals surface area contributed by atoms with Gasteiger partial charge in [-0.1, -0.05) is 6.92 Å². The molecule has 1 aromatic rings. The van der Waals surface area contributed by atoms with Crippen LogP contribution in [0.1, 0.15) is 32.6 Å². The average Bonchev–Trinajstić information content (AvgIpc) is 2.93. The third kappa shape index (κ3) is 2.42. The third-order valence-electron chi connectivity index (χ3n) is 4.00. The Morgan fingerprint density at radius 1 is 1.11 bits per heavy atom. The van der Waals surface area contributed by atoms with Crippen molar-refractivity contribution >= 4 is 11.8 Å². The molecule has 0 aromatic carbocycles. The second kappa shape index (κ2) is 5.12. The highest BCUT2D eigenvalue weighted by Crippen LogP contribution is 2.23. The van der Waals surface area contributed by atoms with Crippen LogP contribution in [0.4, 0.5) is 11.8 Å². The molecule has 2 saturated heterocycles. The van der Waals surface area contributed by atoms with Crippen LogP contribution in [0.2, 0.25) is 0 Å². The maximum atomic E-state index is 4.75. The van der Waals surface area contributed by atoms with E-state index >= 15 is 0 Å². The van der Waals surface area contributed by atoms with E-state index in [-0.39, 0.29) is 0 Å². The summed E-state index contributed by atoms with van der Waals surface area (Å²) in [6.07, 6.45) is 7.09. The summed E-state index contributed by atoms with van der Waals surface area (Å²) < 4.78 is 0. The summed E-state index contributed by atoms with van der Waals surface area (Å²) in [7, 11) is 0. The number of hydrogen-bond donors (Lipinski definition) is 0. The third-order valence-corrected chi connectivity index (χ3v) is 4.00. The largest absolute Gasteiger partial charge is 0.356 e. The van der Waals surface area contributed by atoms with Crippen molar-refractivity contribution in [2.75, 3.05) is 36.0 Å². The van der Waals surface area contributed by atoms with E-state index in [4.69, 9.17) is 4.98 Å². The molecule has 98 valence electrons. The number of hydrogen-bond acceptors (Lipinski definition) is 4. The van der Waals surface area contributed by atoms with Crippen molar-refractivity contribution in [1.29, 1.82) is 0 Å². The first-order chi connectivity index (χ1) is 8.83. The summed E-state index contributed by atoms with van der Waals surface area (Å²) >= 11 is 0. The van der Waals surface area contributed by atoms with Crippen LogP contribution in [0.15, 0.2) is 12.3 Å². The standard InChI is InChI=1S/C14H22N4/c1-12-5-4-10-18(11-12)14-15-7-6-13(16-14)17-8-2-3-9-17/h6-7,12H,2-5,8-11H2,1H3. The second-order valence-electron chi connectivity index (χ2n) is 5.60. The van der Waals surface area contributed by atoms with Crippen LogP contribution in [0.3, 0.4) is 0 Å². The summed E-state index contributed by atoms with van der Waals surface area (Å²) in [5, 5.41) is 0. The van der Waals surface area contributed by atoms with Gasteiger partial charge in [0.2, 0.25) is 5.95 Å². The van der Waals surface area contributed by atoms with Gasteiger partial charge < -0.3 is 9.80 Å². The molecule has 1 atom stereocenters. The van der Waals surface area contributed by atoms with E-state index in [0.29, 0.717) is 0 Å². The van der Waals surface area contributed by atoms with Gasteiger partial charge in [-0.05, 0) is 37.7 Å². The van der Waals surface area contributed by atoms with Gasteiger partial charge in [0, 0.05) is 32.4 Å². The first kappa shape index (κ1) is 11.8. The molecular formula is C14H22N4. The lowest BCUT2D eigenvalue weighted by molar-refractivity contribution is 0.442. The van der Waals surface area contributed by atoms with Crippen molar-refractivity contribution in [1.82, 2.24) is 9.97 Å². The van der Waals surface area contributed by atoms with Gasteiger partial charge in [-0.15, -0.1) is 0 Å². The van der Waals surface area contributed by atoms with Crippen LogP contribution in [-0.2, 0) is 0 Å². The number of piperidine rings is 1. The van der Waals surface area contributed by atoms with E-state index in [1.54, 1.807) is 0 Å². The monoisotopic (exact) mass is 246 g/mol. The predicted octanol–water partition coefficient (Wildman–Crippen LogP) is 2.31. The minimum Gasteiger partial charge on any atom is -0.356 e. The minimum atomic E-state index is 0.762. The minimum absolute atomic E-state index is 0.762. The molecule has 0 saturated carbocycles.